The monoisotopic (exact) mass is 375 g/mol. The second-order valence-corrected chi connectivity index (χ2v) is 6.38. The van der Waals surface area contributed by atoms with Crippen molar-refractivity contribution in [3.63, 3.8) is 0 Å². The number of thiazole rings is 1. The van der Waals surface area contributed by atoms with Crippen molar-refractivity contribution in [1.29, 1.82) is 0 Å². The van der Waals surface area contributed by atoms with E-state index in [0.29, 0.717) is 11.1 Å². The van der Waals surface area contributed by atoms with Crippen molar-refractivity contribution in [2.24, 2.45) is 0 Å². The van der Waals surface area contributed by atoms with Crippen LogP contribution in [0.4, 0.5) is 19.9 Å². The van der Waals surface area contributed by atoms with Crippen LogP contribution in [0.3, 0.4) is 0 Å². The Kier molecular flexibility index (Phi) is 5.17. The molecular weight excluding hydrogens is 360 g/mol. The molecule has 2 aromatic heterocycles. The van der Waals surface area contributed by atoms with Crippen LogP contribution in [0.2, 0.25) is 0 Å². The first-order chi connectivity index (χ1) is 12.4. The summed E-state index contributed by atoms with van der Waals surface area (Å²) in [4.78, 5) is 24.8. The van der Waals surface area contributed by atoms with Crippen molar-refractivity contribution in [3.8, 4) is 0 Å². The fourth-order valence-electron chi connectivity index (χ4n) is 2.27. The molecule has 134 valence electrons. The van der Waals surface area contributed by atoms with Gasteiger partial charge in [-0.25, -0.2) is 23.7 Å². The molecule has 0 unspecified atom stereocenters. The molecule has 9 heteroatoms. The number of carbonyl (C=O) groups is 1. The predicted octanol–water partition coefficient (Wildman–Crippen LogP) is 3.50. The van der Waals surface area contributed by atoms with Gasteiger partial charge in [-0.15, -0.1) is 11.3 Å². The zero-order chi connectivity index (χ0) is 18.7. The van der Waals surface area contributed by atoms with Crippen LogP contribution in [0.1, 0.15) is 27.4 Å². The highest BCUT2D eigenvalue weighted by atomic mass is 32.1. The lowest BCUT2D eigenvalue weighted by Crippen LogP contribution is -2.24. The topological polar surface area (TPSA) is 79.8 Å². The van der Waals surface area contributed by atoms with E-state index >= 15 is 0 Å². The van der Waals surface area contributed by atoms with Crippen molar-refractivity contribution in [2.45, 2.75) is 20.4 Å². The van der Waals surface area contributed by atoms with Crippen molar-refractivity contribution in [2.75, 3.05) is 5.32 Å². The van der Waals surface area contributed by atoms with Crippen molar-refractivity contribution >= 4 is 28.3 Å². The van der Waals surface area contributed by atoms with Crippen LogP contribution in [0.15, 0.2) is 29.6 Å². The lowest BCUT2D eigenvalue weighted by molar-refractivity contribution is 0.0946. The minimum atomic E-state index is -0.710. The molecule has 6 nitrogen and oxygen atoms in total. The van der Waals surface area contributed by atoms with Crippen LogP contribution in [-0.4, -0.2) is 20.9 Å². The molecule has 1 amide bonds. The summed E-state index contributed by atoms with van der Waals surface area (Å²) in [5.41, 5.74) is 1.56. The van der Waals surface area contributed by atoms with E-state index in [1.165, 1.54) is 22.8 Å². The second kappa shape index (κ2) is 7.52. The van der Waals surface area contributed by atoms with Crippen molar-refractivity contribution in [3.05, 3.63) is 63.9 Å². The number of anilines is 2. The Morgan fingerprint density at radius 2 is 1.77 bits per heavy atom. The van der Waals surface area contributed by atoms with Crippen molar-refractivity contribution < 1.29 is 13.6 Å². The first-order valence-corrected chi connectivity index (χ1v) is 8.56. The lowest BCUT2D eigenvalue weighted by Gasteiger charge is -2.06. The molecule has 2 N–H and O–H groups in total. The number of aromatic nitrogens is 3. The van der Waals surface area contributed by atoms with Crippen LogP contribution in [-0.2, 0) is 6.54 Å². The normalized spacial score (nSPS) is 10.6. The third kappa shape index (κ3) is 4.17. The number of rotatable bonds is 5. The maximum atomic E-state index is 13.6. The van der Waals surface area contributed by atoms with Gasteiger partial charge in [-0.1, -0.05) is 6.07 Å². The smallest absolute Gasteiger partial charge is 0.271 e. The Hall–Kier alpha value is -2.94. The Balaban J connectivity index is 1.66. The van der Waals surface area contributed by atoms with Gasteiger partial charge in [0.1, 0.15) is 17.3 Å². The van der Waals surface area contributed by atoms with Gasteiger partial charge >= 0.3 is 0 Å². The standard InChI is InChI=1S/C17H15F2N5OS/c1-9-6-10(2)22-16(21-9)24-17-23-14(8-26-17)15(25)20-7-11-12(18)4-3-5-13(11)19/h3-6,8H,7H2,1-2H3,(H,20,25)(H,21,22,23,24). The second-order valence-electron chi connectivity index (χ2n) is 5.52. The van der Waals surface area contributed by atoms with E-state index in [2.05, 4.69) is 25.6 Å². The summed E-state index contributed by atoms with van der Waals surface area (Å²) in [7, 11) is 0. The zero-order valence-corrected chi connectivity index (χ0v) is 14.8. The number of hydrogen-bond acceptors (Lipinski definition) is 6. The van der Waals surface area contributed by atoms with Gasteiger partial charge in [0.15, 0.2) is 5.13 Å². The molecule has 0 saturated carbocycles. The van der Waals surface area contributed by atoms with E-state index in [0.717, 1.165) is 23.5 Å². The van der Waals surface area contributed by atoms with Gasteiger partial charge in [0.05, 0.1) is 0 Å². The number of benzene rings is 1. The summed E-state index contributed by atoms with van der Waals surface area (Å²) in [6.07, 6.45) is 0. The maximum absolute atomic E-state index is 13.6. The van der Waals surface area contributed by atoms with Crippen LogP contribution >= 0.6 is 11.3 Å². The van der Waals surface area contributed by atoms with Gasteiger partial charge in [0.25, 0.3) is 5.91 Å². The van der Waals surface area contributed by atoms with E-state index in [9.17, 15) is 13.6 Å². The van der Waals surface area contributed by atoms with E-state index in [-0.39, 0.29) is 17.8 Å². The SMILES string of the molecule is Cc1cc(C)nc(Nc2nc(C(=O)NCc3c(F)cccc3F)cs2)n1. The van der Waals surface area contributed by atoms with Crippen LogP contribution in [0.5, 0.6) is 0 Å². The zero-order valence-electron chi connectivity index (χ0n) is 14.0. The summed E-state index contributed by atoms with van der Waals surface area (Å²) in [5.74, 6) is -1.56. The van der Waals surface area contributed by atoms with Gasteiger partial charge in [-0.3, -0.25) is 4.79 Å². The molecule has 0 atom stereocenters. The third-order valence-corrected chi connectivity index (χ3v) is 4.18. The lowest BCUT2D eigenvalue weighted by atomic mass is 10.2. The number of halogens is 2. The molecule has 2 heterocycles. The van der Waals surface area contributed by atoms with E-state index in [4.69, 9.17) is 0 Å². The van der Waals surface area contributed by atoms with Gasteiger partial charge < -0.3 is 10.6 Å². The van der Waals surface area contributed by atoms with Crippen molar-refractivity contribution in [1.82, 2.24) is 20.3 Å². The number of carbonyl (C=O) groups excluding carboxylic acids is 1. The van der Waals surface area contributed by atoms with Crippen LogP contribution in [0.25, 0.3) is 0 Å². The quantitative estimate of drug-likeness (QED) is 0.713. The molecular formula is C17H15F2N5OS. The Morgan fingerprint density at radius 1 is 1.12 bits per heavy atom. The Labute approximate surface area is 152 Å². The predicted molar refractivity (Wildman–Crippen MR) is 94.4 cm³/mol. The number of nitrogens with zero attached hydrogens (tertiary/aromatic N) is 3. The van der Waals surface area contributed by atoms with E-state index in [1.807, 2.05) is 19.9 Å². The van der Waals surface area contributed by atoms with Gasteiger partial charge in [-0.05, 0) is 32.0 Å². The molecule has 0 aliphatic heterocycles. The summed E-state index contributed by atoms with van der Waals surface area (Å²) < 4.78 is 27.2. The van der Waals surface area contributed by atoms with Crippen LogP contribution in [0, 0.1) is 25.5 Å². The molecule has 26 heavy (non-hydrogen) atoms. The van der Waals surface area contributed by atoms with Gasteiger partial charge in [0.2, 0.25) is 5.95 Å². The summed E-state index contributed by atoms with van der Waals surface area (Å²) in [5, 5.41) is 7.38. The number of nitrogens with one attached hydrogen (secondary N) is 2. The first kappa shape index (κ1) is 17.9. The average Bonchev–Trinajstić information content (AvgIpc) is 3.01. The number of hydrogen-bond donors (Lipinski definition) is 2. The highest BCUT2D eigenvalue weighted by Crippen LogP contribution is 2.19. The third-order valence-electron chi connectivity index (χ3n) is 3.43. The van der Waals surface area contributed by atoms with Crippen LogP contribution < -0.4 is 10.6 Å². The molecule has 0 saturated heterocycles. The molecule has 0 spiro atoms. The van der Waals surface area contributed by atoms with Gasteiger partial charge in [0, 0.05) is 28.9 Å². The molecule has 0 bridgehead atoms. The summed E-state index contributed by atoms with van der Waals surface area (Å²) in [6.45, 7) is 3.43. The molecule has 1 aromatic carbocycles. The van der Waals surface area contributed by atoms with E-state index < -0.39 is 17.5 Å². The fraction of sp³-hybridized carbons (Fsp3) is 0.176. The van der Waals surface area contributed by atoms with E-state index in [1.54, 1.807) is 0 Å². The Morgan fingerprint density at radius 3 is 2.42 bits per heavy atom. The maximum Gasteiger partial charge on any atom is 0.271 e. The highest BCUT2D eigenvalue weighted by Gasteiger charge is 2.14. The summed E-state index contributed by atoms with van der Waals surface area (Å²) in [6, 6.07) is 5.38. The number of amides is 1. The number of aryl methyl sites for hydroxylation is 2. The first-order valence-electron chi connectivity index (χ1n) is 7.68. The molecule has 0 aliphatic carbocycles. The highest BCUT2D eigenvalue weighted by molar-refractivity contribution is 7.14. The molecule has 3 rings (SSSR count). The fourth-order valence-corrected chi connectivity index (χ4v) is 2.96. The summed E-state index contributed by atoms with van der Waals surface area (Å²) >= 11 is 1.20. The largest absolute Gasteiger partial charge is 0.346 e. The minimum Gasteiger partial charge on any atom is -0.346 e. The molecule has 3 aromatic rings. The molecule has 0 fully saturated rings. The molecule has 0 radical (unpaired) electrons. The average molecular weight is 375 g/mol. The van der Waals surface area contributed by atoms with Gasteiger partial charge in [-0.2, -0.15) is 0 Å². The Bertz CT molecular complexity index is 920. The minimum absolute atomic E-state index is 0.138. The molecule has 0 aliphatic rings.